The zero-order chi connectivity index (χ0) is 12.7. The van der Waals surface area contributed by atoms with E-state index in [1.807, 2.05) is 45.0 Å². The molecule has 4 nitrogen and oxygen atoms in total. The van der Waals surface area contributed by atoms with E-state index in [9.17, 15) is 4.79 Å². The van der Waals surface area contributed by atoms with Crippen LogP contribution in [-0.4, -0.2) is 30.6 Å². The molecule has 1 N–H and O–H groups in total. The Balaban J connectivity index is 0.000000686. The minimum absolute atomic E-state index is 0.0252. The highest BCUT2D eigenvalue weighted by atomic mass is 16.5. The molecule has 0 spiro atoms. The lowest BCUT2D eigenvalue weighted by molar-refractivity contribution is -0.141. The summed E-state index contributed by atoms with van der Waals surface area (Å²) in [6, 6.07) is 7.67. The number of hydrogen-bond acceptors (Lipinski definition) is 3. The number of nitrogens with zero attached hydrogens (tertiary/aromatic N) is 1. The molecule has 0 aromatic heterocycles. The summed E-state index contributed by atoms with van der Waals surface area (Å²) >= 11 is 0. The molecule has 94 valence electrons. The summed E-state index contributed by atoms with van der Waals surface area (Å²) in [5, 5.41) is 1.57. The second-order valence-corrected chi connectivity index (χ2v) is 3.56. The third kappa shape index (κ3) is 4.07. The fraction of sp³-hybridized carbons (Fsp3) is 0.462. The molecule has 1 aromatic rings. The average molecular weight is 236 g/mol. The second-order valence-electron chi connectivity index (χ2n) is 3.56. The van der Waals surface area contributed by atoms with Crippen LogP contribution in [0.5, 0.6) is 5.75 Å². The van der Waals surface area contributed by atoms with Crippen LogP contribution >= 0.6 is 0 Å². The SMILES string of the molecule is CC.Cc1cccc(OCC(=O)N2CCN2)c1. The molecule has 0 unspecified atom stereocenters. The third-order valence-electron chi connectivity index (χ3n) is 2.29. The van der Waals surface area contributed by atoms with E-state index >= 15 is 0 Å². The molecule has 1 heterocycles. The van der Waals surface area contributed by atoms with Gasteiger partial charge in [0.05, 0.1) is 6.54 Å². The van der Waals surface area contributed by atoms with Gasteiger partial charge in [-0.15, -0.1) is 0 Å². The molecule has 0 bridgehead atoms. The van der Waals surface area contributed by atoms with E-state index in [4.69, 9.17) is 4.74 Å². The van der Waals surface area contributed by atoms with Gasteiger partial charge in [0.1, 0.15) is 5.75 Å². The van der Waals surface area contributed by atoms with Crippen LogP contribution in [0, 0.1) is 6.92 Å². The molecular weight excluding hydrogens is 216 g/mol. The van der Waals surface area contributed by atoms with Crippen molar-refractivity contribution in [3.05, 3.63) is 29.8 Å². The van der Waals surface area contributed by atoms with Crippen LogP contribution in [-0.2, 0) is 4.79 Å². The smallest absolute Gasteiger partial charge is 0.274 e. The lowest BCUT2D eigenvalue weighted by atomic mass is 10.2. The van der Waals surface area contributed by atoms with Crippen molar-refractivity contribution in [3.63, 3.8) is 0 Å². The second kappa shape index (κ2) is 6.91. The third-order valence-corrected chi connectivity index (χ3v) is 2.29. The van der Waals surface area contributed by atoms with Crippen LogP contribution in [0.2, 0.25) is 0 Å². The molecule has 1 aliphatic heterocycles. The average Bonchev–Trinajstić information content (AvgIpc) is 2.27. The maximum Gasteiger partial charge on any atom is 0.274 e. The van der Waals surface area contributed by atoms with Crippen molar-refractivity contribution < 1.29 is 9.53 Å². The van der Waals surface area contributed by atoms with E-state index in [-0.39, 0.29) is 12.5 Å². The van der Waals surface area contributed by atoms with Crippen molar-refractivity contribution in [1.29, 1.82) is 0 Å². The van der Waals surface area contributed by atoms with E-state index in [0.29, 0.717) is 0 Å². The number of nitrogens with one attached hydrogen (secondary N) is 1. The van der Waals surface area contributed by atoms with Gasteiger partial charge in [-0.25, -0.2) is 5.43 Å². The predicted octanol–water partition coefficient (Wildman–Crippen LogP) is 1.75. The molecule has 0 atom stereocenters. The number of benzene rings is 1. The Hall–Kier alpha value is -1.55. The number of hydrazine groups is 1. The summed E-state index contributed by atoms with van der Waals surface area (Å²) in [7, 11) is 0. The first-order chi connectivity index (χ1) is 8.25. The Morgan fingerprint density at radius 3 is 2.71 bits per heavy atom. The van der Waals surface area contributed by atoms with Crippen LogP contribution in [0.1, 0.15) is 19.4 Å². The van der Waals surface area contributed by atoms with E-state index in [1.165, 1.54) is 0 Å². The summed E-state index contributed by atoms with van der Waals surface area (Å²) < 4.78 is 5.37. The maximum atomic E-state index is 11.4. The van der Waals surface area contributed by atoms with Crippen molar-refractivity contribution >= 4 is 5.91 Å². The highest BCUT2D eigenvalue weighted by Crippen LogP contribution is 2.12. The number of ether oxygens (including phenoxy) is 1. The van der Waals surface area contributed by atoms with Crippen LogP contribution < -0.4 is 10.2 Å². The summed E-state index contributed by atoms with van der Waals surface area (Å²) in [5.74, 6) is 0.714. The number of aryl methyl sites for hydroxylation is 1. The van der Waals surface area contributed by atoms with Crippen molar-refractivity contribution in [3.8, 4) is 5.75 Å². The van der Waals surface area contributed by atoms with E-state index < -0.39 is 0 Å². The zero-order valence-corrected chi connectivity index (χ0v) is 10.7. The van der Waals surface area contributed by atoms with Gasteiger partial charge < -0.3 is 4.74 Å². The van der Waals surface area contributed by atoms with Crippen LogP contribution in [0.15, 0.2) is 24.3 Å². The standard InChI is InChI=1S/C11H14N2O2.C2H6/c1-9-3-2-4-10(7-9)15-8-11(14)13-6-5-12-13;1-2/h2-4,7,12H,5-6,8H2,1H3;1-2H3. The normalized spacial score (nSPS) is 13.2. The monoisotopic (exact) mass is 236 g/mol. The quantitative estimate of drug-likeness (QED) is 0.869. The molecular formula is C13H20N2O2. The molecule has 1 aliphatic rings. The summed E-state index contributed by atoms with van der Waals surface area (Å²) in [6.07, 6.45) is 0. The fourth-order valence-corrected chi connectivity index (χ4v) is 1.36. The van der Waals surface area contributed by atoms with Crippen molar-refractivity contribution in [2.45, 2.75) is 20.8 Å². The maximum absolute atomic E-state index is 11.4. The van der Waals surface area contributed by atoms with Gasteiger partial charge in [-0.3, -0.25) is 9.80 Å². The molecule has 4 heteroatoms. The Morgan fingerprint density at radius 2 is 2.18 bits per heavy atom. The first-order valence-electron chi connectivity index (χ1n) is 5.99. The first-order valence-corrected chi connectivity index (χ1v) is 5.99. The Bertz CT molecular complexity index is 362. The number of hydrogen-bond donors (Lipinski definition) is 1. The zero-order valence-electron chi connectivity index (χ0n) is 10.7. The number of amides is 1. The van der Waals surface area contributed by atoms with Crippen LogP contribution in [0.4, 0.5) is 0 Å². The Kier molecular flexibility index (Phi) is 5.49. The topological polar surface area (TPSA) is 41.6 Å². The van der Waals surface area contributed by atoms with Crippen molar-refractivity contribution in [2.24, 2.45) is 0 Å². The summed E-state index contributed by atoms with van der Waals surface area (Å²) in [6.45, 7) is 7.73. The molecule has 1 saturated heterocycles. The molecule has 17 heavy (non-hydrogen) atoms. The van der Waals surface area contributed by atoms with Gasteiger partial charge in [0.2, 0.25) is 0 Å². The molecule has 1 aromatic carbocycles. The number of carbonyl (C=O) groups excluding carboxylic acids is 1. The predicted molar refractivity (Wildman–Crippen MR) is 67.7 cm³/mol. The van der Waals surface area contributed by atoms with Crippen LogP contribution in [0.25, 0.3) is 0 Å². The molecule has 1 fully saturated rings. The molecule has 0 aliphatic carbocycles. The van der Waals surface area contributed by atoms with Crippen LogP contribution in [0.3, 0.4) is 0 Å². The van der Waals surface area contributed by atoms with Gasteiger partial charge in [0.15, 0.2) is 6.61 Å². The van der Waals surface area contributed by atoms with E-state index in [0.717, 1.165) is 24.4 Å². The fourth-order valence-electron chi connectivity index (χ4n) is 1.36. The summed E-state index contributed by atoms with van der Waals surface area (Å²) in [5.41, 5.74) is 4.02. The van der Waals surface area contributed by atoms with Crippen molar-refractivity contribution in [2.75, 3.05) is 19.7 Å². The number of rotatable bonds is 3. The first kappa shape index (κ1) is 13.5. The van der Waals surface area contributed by atoms with E-state index in [2.05, 4.69) is 5.43 Å². The van der Waals surface area contributed by atoms with E-state index in [1.54, 1.807) is 5.01 Å². The highest BCUT2D eigenvalue weighted by Gasteiger charge is 2.19. The summed E-state index contributed by atoms with van der Waals surface area (Å²) in [4.78, 5) is 11.4. The molecule has 2 rings (SSSR count). The number of carbonyl (C=O) groups is 1. The minimum Gasteiger partial charge on any atom is -0.484 e. The Morgan fingerprint density at radius 1 is 1.47 bits per heavy atom. The lowest BCUT2D eigenvalue weighted by Crippen LogP contribution is -2.57. The highest BCUT2D eigenvalue weighted by molar-refractivity contribution is 5.77. The van der Waals surface area contributed by atoms with Gasteiger partial charge in [0.25, 0.3) is 5.91 Å². The van der Waals surface area contributed by atoms with Gasteiger partial charge in [-0.2, -0.15) is 0 Å². The van der Waals surface area contributed by atoms with Crippen molar-refractivity contribution in [1.82, 2.24) is 10.4 Å². The van der Waals surface area contributed by atoms with Gasteiger partial charge in [0, 0.05) is 6.54 Å². The molecule has 0 radical (unpaired) electrons. The van der Waals surface area contributed by atoms with Gasteiger partial charge in [-0.05, 0) is 24.6 Å². The largest absolute Gasteiger partial charge is 0.484 e. The molecule has 0 saturated carbocycles. The minimum atomic E-state index is -0.0252. The van der Waals surface area contributed by atoms with Gasteiger partial charge in [-0.1, -0.05) is 26.0 Å². The lowest BCUT2D eigenvalue weighted by Gasteiger charge is -2.31. The molecule has 1 amide bonds. The van der Waals surface area contributed by atoms with Gasteiger partial charge >= 0.3 is 0 Å². The Labute approximate surface area is 103 Å².